The first-order valence-corrected chi connectivity index (χ1v) is 5.89. The molecule has 0 fully saturated rings. The molecule has 1 aliphatic rings. The third-order valence-corrected chi connectivity index (χ3v) is 3.13. The summed E-state index contributed by atoms with van der Waals surface area (Å²) in [5, 5.41) is 4.34. The van der Waals surface area contributed by atoms with Gasteiger partial charge in [-0.25, -0.2) is 0 Å². The van der Waals surface area contributed by atoms with Gasteiger partial charge in [0.1, 0.15) is 5.69 Å². The third-order valence-electron chi connectivity index (χ3n) is 3.13. The van der Waals surface area contributed by atoms with Crippen LogP contribution in [-0.4, -0.2) is 33.1 Å². The summed E-state index contributed by atoms with van der Waals surface area (Å²) < 4.78 is 1.99. The lowest BCUT2D eigenvalue weighted by Gasteiger charge is -2.23. The molecule has 0 aromatic carbocycles. The Hall–Kier alpha value is -1.16. The highest BCUT2D eigenvalue weighted by atomic mass is 16.1. The molecular weight excluding hydrogens is 202 g/mol. The highest BCUT2D eigenvalue weighted by molar-refractivity contribution is 5.92. The fraction of sp³-hybridized carbons (Fsp3) is 0.667. The van der Waals surface area contributed by atoms with Gasteiger partial charge in [-0.2, -0.15) is 5.10 Å². The third kappa shape index (κ3) is 2.16. The van der Waals surface area contributed by atoms with E-state index in [4.69, 9.17) is 0 Å². The van der Waals surface area contributed by atoms with Crippen molar-refractivity contribution in [1.29, 1.82) is 0 Å². The van der Waals surface area contributed by atoms with E-state index in [1.54, 1.807) is 6.92 Å². The van der Waals surface area contributed by atoms with Crippen LogP contribution < -0.4 is 0 Å². The zero-order valence-corrected chi connectivity index (χ0v) is 10.2. The molecule has 1 aromatic heterocycles. The molecule has 4 nitrogen and oxygen atoms in total. The summed E-state index contributed by atoms with van der Waals surface area (Å²) in [6, 6.07) is 2.48. The van der Waals surface area contributed by atoms with Crippen molar-refractivity contribution in [1.82, 2.24) is 14.7 Å². The Kier molecular flexibility index (Phi) is 3.10. The predicted molar refractivity (Wildman–Crippen MR) is 62.4 cm³/mol. The number of fused-ring (bicyclic) bond motifs is 1. The molecule has 0 saturated heterocycles. The fourth-order valence-corrected chi connectivity index (χ4v) is 2.10. The topological polar surface area (TPSA) is 38.1 Å². The van der Waals surface area contributed by atoms with Gasteiger partial charge in [0.05, 0.1) is 5.69 Å². The van der Waals surface area contributed by atoms with Gasteiger partial charge in [0.15, 0.2) is 5.78 Å². The number of carbonyl (C=O) groups is 1. The van der Waals surface area contributed by atoms with Gasteiger partial charge in [-0.15, -0.1) is 0 Å². The summed E-state index contributed by atoms with van der Waals surface area (Å²) in [5.74, 6) is 0.0525. The van der Waals surface area contributed by atoms with Crippen molar-refractivity contribution < 1.29 is 4.79 Å². The first-order chi connectivity index (χ1) is 7.58. The minimum absolute atomic E-state index is 0.0525. The molecule has 4 heteroatoms. The quantitative estimate of drug-likeness (QED) is 0.713. The standard InChI is InChI=1S/C12H19N3O/c1-9(2)14-5-4-6-15-11(8-14)7-12(13-15)10(3)16/h7,9H,4-6,8H2,1-3H3. The number of nitrogens with zero attached hydrogens (tertiary/aromatic N) is 3. The Morgan fingerprint density at radius 2 is 2.19 bits per heavy atom. The van der Waals surface area contributed by atoms with Crippen molar-refractivity contribution in [3.8, 4) is 0 Å². The van der Waals surface area contributed by atoms with Crippen LogP contribution >= 0.6 is 0 Å². The number of aromatic nitrogens is 2. The fourth-order valence-electron chi connectivity index (χ4n) is 2.10. The summed E-state index contributed by atoms with van der Waals surface area (Å²) in [6.07, 6.45) is 1.10. The zero-order valence-electron chi connectivity index (χ0n) is 10.2. The van der Waals surface area contributed by atoms with E-state index in [9.17, 15) is 4.79 Å². The monoisotopic (exact) mass is 221 g/mol. The van der Waals surface area contributed by atoms with Gasteiger partial charge in [0.2, 0.25) is 0 Å². The number of aryl methyl sites for hydroxylation is 1. The molecule has 0 aliphatic carbocycles. The van der Waals surface area contributed by atoms with Gasteiger partial charge < -0.3 is 0 Å². The molecule has 2 rings (SSSR count). The van der Waals surface area contributed by atoms with Crippen molar-refractivity contribution >= 4 is 5.78 Å². The highest BCUT2D eigenvalue weighted by Gasteiger charge is 2.19. The summed E-state index contributed by atoms with van der Waals surface area (Å²) >= 11 is 0. The van der Waals surface area contributed by atoms with Crippen molar-refractivity contribution in [2.45, 2.75) is 46.3 Å². The molecule has 0 bridgehead atoms. The van der Waals surface area contributed by atoms with Crippen LogP contribution in [-0.2, 0) is 13.1 Å². The molecule has 1 aromatic rings. The minimum atomic E-state index is 0.0525. The maximum Gasteiger partial charge on any atom is 0.179 e. The molecule has 0 radical (unpaired) electrons. The number of ketones is 1. The predicted octanol–water partition coefficient (Wildman–Crippen LogP) is 1.70. The van der Waals surface area contributed by atoms with Crippen molar-refractivity contribution in [3.05, 3.63) is 17.5 Å². The minimum Gasteiger partial charge on any atom is -0.295 e. The Morgan fingerprint density at radius 1 is 1.44 bits per heavy atom. The Bertz CT molecular complexity index is 395. The lowest BCUT2D eigenvalue weighted by atomic mass is 10.2. The van der Waals surface area contributed by atoms with Gasteiger partial charge in [0, 0.05) is 32.6 Å². The van der Waals surface area contributed by atoms with Crippen molar-refractivity contribution in [2.75, 3.05) is 6.54 Å². The van der Waals surface area contributed by atoms with E-state index in [1.807, 2.05) is 10.7 Å². The molecule has 1 aliphatic heterocycles. The smallest absolute Gasteiger partial charge is 0.179 e. The normalized spacial score (nSPS) is 17.2. The molecule has 2 heterocycles. The van der Waals surface area contributed by atoms with Gasteiger partial charge in [-0.3, -0.25) is 14.4 Å². The van der Waals surface area contributed by atoms with Crippen LogP contribution in [0.2, 0.25) is 0 Å². The average molecular weight is 221 g/mol. The van der Waals surface area contributed by atoms with Gasteiger partial charge in [-0.1, -0.05) is 0 Å². The summed E-state index contributed by atoms with van der Waals surface area (Å²) in [4.78, 5) is 13.7. The second-order valence-corrected chi connectivity index (χ2v) is 4.72. The van der Waals surface area contributed by atoms with E-state index in [-0.39, 0.29) is 5.78 Å². The molecule has 0 N–H and O–H groups in total. The first kappa shape index (κ1) is 11.3. The molecule has 0 atom stereocenters. The maximum atomic E-state index is 11.3. The van der Waals surface area contributed by atoms with E-state index in [0.29, 0.717) is 11.7 Å². The number of rotatable bonds is 2. The van der Waals surface area contributed by atoms with E-state index >= 15 is 0 Å². The average Bonchev–Trinajstić information content (AvgIpc) is 2.50. The SMILES string of the molecule is CC(=O)c1cc2n(n1)CCCN(C(C)C)C2. The molecule has 16 heavy (non-hydrogen) atoms. The van der Waals surface area contributed by atoms with Gasteiger partial charge in [0.25, 0.3) is 0 Å². The van der Waals surface area contributed by atoms with E-state index in [2.05, 4.69) is 23.8 Å². The highest BCUT2D eigenvalue weighted by Crippen LogP contribution is 2.15. The molecular formula is C12H19N3O. The second kappa shape index (κ2) is 4.37. The molecule has 0 spiro atoms. The van der Waals surface area contributed by atoms with E-state index in [1.165, 1.54) is 0 Å². The van der Waals surface area contributed by atoms with Crippen LogP contribution in [0, 0.1) is 0 Å². The molecule has 0 saturated carbocycles. The maximum absolute atomic E-state index is 11.3. The van der Waals surface area contributed by atoms with Gasteiger partial charge in [-0.05, 0) is 26.3 Å². The largest absolute Gasteiger partial charge is 0.295 e. The summed E-state index contributed by atoms with van der Waals surface area (Å²) in [5.41, 5.74) is 1.76. The Morgan fingerprint density at radius 3 is 2.81 bits per heavy atom. The Balaban J connectivity index is 2.25. The molecule has 0 amide bonds. The lowest BCUT2D eigenvalue weighted by Crippen LogP contribution is -2.30. The van der Waals surface area contributed by atoms with E-state index in [0.717, 1.165) is 31.7 Å². The first-order valence-electron chi connectivity index (χ1n) is 5.89. The number of hydrogen-bond donors (Lipinski definition) is 0. The Labute approximate surface area is 96.2 Å². The van der Waals surface area contributed by atoms with Crippen LogP contribution in [0.3, 0.4) is 0 Å². The van der Waals surface area contributed by atoms with Crippen molar-refractivity contribution in [2.24, 2.45) is 0 Å². The zero-order chi connectivity index (χ0) is 11.7. The molecule has 88 valence electrons. The van der Waals surface area contributed by atoms with Crippen LogP contribution in [0.4, 0.5) is 0 Å². The van der Waals surface area contributed by atoms with E-state index < -0.39 is 0 Å². The lowest BCUT2D eigenvalue weighted by molar-refractivity contribution is 0.101. The number of carbonyl (C=O) groups excluding carboxylic acids is 1. The van der Waals surface area contributed by atoms with Crippen LogP contribution in [0.1, 0.15) is 43.4 Å². The number of hydrogen-bond acceptors (Lipinski definition) is 3. The summed E-state index contributed by atoms with van der Waals surface area (Å²) in [6.45, 7) is 8.92. The van der Waals surface area contributed by atoms with Gasteiger partial charge >= 0.3 is 0 Å². The van der Waals surface area contributed by atoms with Crippen LogP contribution in [0.15, 0.2) is 6.07 Å². The van der Waals surface area contributed by atoms with Crippen molar-refractivity contribution in [3.63, 3.8) is 0 Å². The van der Waals surface area contributed by atoms with Crippen LogP contribution in [0.25, 0.3) is 0 Å². The second-order valence-electron chi connectivity index (χ2n) is 4.72. The van der Waals surface area contributed by atoms with Crippen LogP contribution in [0.5, 0.6) is 0 Å². The molecule has 0 unspecified atom stereocenters. The summed E-state index contributed by atoms with van der Waals surface area (Å²) in [7, 11) is 0. The number of Topliss-reactive ketones (excluding diaryl/α,β-unsaturated/α-hetero) is 1.